The number of ether oxygens (including phenoxy) is 1. The first-order chi connectivity index (χ1) is 18.0. The summed E-state index contributed by atoms with van der Waals surface area (Å²) in [5.41, 5.74) is 6.34. The number of para-hydroxylation sites is 1. The third-order valence-electron chi connectivity index (χ3n) is 7.72. The molecule has 0 atom stereocenters. The molecular formula is C30H34N4O2S. The first kappa shape index (κ1) is 24.1. The van der Waals surface area contributed by atoms with E-state index in [0.29, 0.717) is 11.8 Å². The van der Waals surface area contributed by atoms with Gasteiger partial charge in [0.05, 0.1) is 21.6 Å². The molecule has 1 N–H and O–H groups in total. The molecule has 6 rings (SSSR count). The van der Waals surface area contributed by atoms with Crippen LogP contribution in [0, 0.1) is 0 Å². The molecule has 0 radical (unpaired) electrons. The minimum absolute atomic E-state index is 0.0692. The first-order valence-corrected chi connectivity index (χ1v) is 14.1. The lowest BCUT2D eigenvalue weighted by Gasteiger charge is -2.33. The van der Waals surface area contributed by atoms with E-state index in [0.717, 1.165) is 79.2 Å². The molecule has 7 heteroatoms. The van der Waals surface area contributed by atoms with E-state index in [9.17, 15) is 4.79 Å². The molecule has 0 spiro atoms. The summed E-state index contributed by atoms with van der Waals surface area (Å²) in [6.45, 7) is 3.96. The normalized spacial score (nSPS) is 16.6. The van der Waals surface area contributed by atoms with Gasteiger partial charge in [0, 0.05) is 33.2 Å². The number of carbonyl (C=O) groups excluding carboxylic acids is 1. The van der Waals surface area contributed by atoms with Crippen LogP contribution >= 0.6 is 11.3 Å². The number of rotatable bonds is 6. The molecule has 2 aromatic carbocycles. The van der Waals surface area contributed by atoms with Crippen LogP contribution < -0.4 is 15.0 Å². The molecule has 0 bridgehead atoms. The second-order valence-electron chi connectivity index (χ2n) is 10.3. The molecule has 4 heterocycles. The van der Waals surface area contributed by atoms with Crippen molar-refractivity contribution in [3.05, 3.63) is 76.8 Å². The summed E-state index contributed by atoms with van der Waals surface area (Å²) in [4.78, 5) is 18.1. The van der Waals surface area contributed by atoms with Gasteiger partial charge in [-0.25, -0.2) is 0 Å². The Morgan fingerprint density at radius 2 is 1.86 bits per heavy atom. The van der Waals surface area contributed by atoms with Crippen molar-refractivity contribution in [1.29, 1.82) is 0 Å². The van der Waals surface area contributed by atoms with Gasteiger partial charge in [0.25, 0.3) is 5.91 Å². The Balaban J connectivity index is 1.18. The van der Waals surface area contributed by atoms with Crippen molar-refractivity contribution >= 4 is 38.8 Å². The lowest BCUT2D eigenvalue weighted by atomic mass is 9.99. The summed E-state index contributed by atoms with van der Waals surface area (Å²) in [6, 6.07) is 18.9. The van der Waals surface area contributed by atoms with E-state index in [4.69, 9.17) is 4.74 Å². The highest BCUT2D eigenvalue weighted by Crippen LogP contribution is 2.36. The lowest BCUT2D eigenvalue weighted by molar-refractivity contribution is 0.101. The fourth-order valence-electron chi connectivity index (χ4n) is 5.64. The molecule has 2 aromatic heterocycles. The molecule has 37 heavy (non-hydrogen) atoms. The lowest BCUT2D eigenvalue weighted by Crippen LogP contribution is -2.35. The van der Waals surface area contributed by atoms with Gasteiger partial charge in [-0.3, -0.25) is 4.79 Å². The van der Waals surface area contributed by atoms with Crippen molar-refractivity contribution in [2.75, 3.05) is 36.9 Å². The van der Waals surface area contributed by atoms with Crippen LogP contribution in [0.1, 0.15) is 40.9 Å². The molecule has 1 amide bonds. The smallest absolute Gasteiger partial charge is 0.272 e. The minimum Gasteiger partial charge on any atom is -0.490 e. The number of nitrogens with one attached hydrogen (secondary N) is 1. The van der Waals surface area contributed by atoms with E-state index in [-0.39, 0.29) is 5.91 Å². The van der Waals surface area contributed by atoms with Crippen LogP contribution in [0.3, 0.4) is 0 Å². The zero-order valence-corrected chi connectivity index (χ0v) is 22.4. The van der Waals surface area contributed by atoms with Gasteiger partial charge in [-0.15, -0.1) is 11.3 Å². The number of amides is 1. The number of benzene rings is 2. The molecule has 0 unspecified atom stereocenters. The van der Waals surface area contributed by atoms with E-state index in [1.165, 1.54) is 11.1 Å². The summed E-state index contributed by atoms with van der Waals surface area (Å²) in [7, 11) is 4.13. The summed E-state index contributed by atoms with van der Waals surface area (Å²) in [5, 5.41) is 5.29. The number of fused-ring (bicyclic) bond motifs is 2. The Hall–Kier alpha value is -3.29. The standard InChI is InChI=1S/C30H34N4O2S/c1-32-16-12-24(13-17-32)36-23-10-8-21(9-11-23)20-34-15-4-6-22-5-3-7-25(29(22)34)31-30(35)27-19-28-26(33(27)2)14-18-37-28/h3,5,7-11,14,18-19,24H,4,6,12-13,15-17,20H2,1-2H3,(H,31,35). The first-order valence-electron chi connectivity index (χ1n) is 13.2. The Bertz CT molecular complexity index is 1400. The van der Waals surface area contributed by atoms with Crippen LogP contribution in [-0.4, -0.2) is 48.2 Å². The minimum atomic E-state index is -0.0692. The zero-order chi connectivity index (χ0) is 25.4. The molecule has 1 fully saturated rings. The van der Waals surface area contributed by atoms with E-state index in [1.54, 1.807) is 11.3 Å². The quantitative estimate of drug-likeness (QED) is 0.347. The Labute approximate surface area is 222 Å². The van der Waals surface area contributed by atoms with Crippen LogP contribution in [0.25, 0.3) is 10.2 Å². The molecular weight excluding hydrogens is 480 g/mol. The van der Waals surface area contributed by atoms with Gasteiger partial charge in [-0.1, -0.05) is 24.3 Å². The number of aromatic nitrogens is 1. The number of hydrogen-bond donors (Lipinski definition) is 1. The molecule has 4 aromatic rings. The van der Waals surface area contributed by atoms with E-state index in [1.807, 2.05) is 23.7 Å². The van der Waals surface area contributed by atoms with Gasteiger partial charge < -0.3 is 24.4 Å². The molecule has 0 saturated carbocycles. The van der Waals surface area contributed by atoms with Crippen molar-refractivity contribution in [2.45, 2.75) is 38.3 Å². The number of thiophene rings is 1. The monoisotopic (exact) mass is 514 g/mol. The van der Waals surface area contributed by atoms with Crippen LogP contribution in [0.4, 0.5) is 11.4 Å². The van der Waals surface area contributed by atoms with Crippen molar-refractivity contribution in [3.63, 3.8) is 0 Å². The average Bonchev–Trinajstić information content (AvgIpc) is 3.50. The Morgan fingerprint density at radius 1 is 1.05 bits per heavy atom. The summed E-state index contributed by atoms with van der Waals surface area (Å²) < 4.78 is 9.35. The van der Waals surface area contributed by atoms with Gasteiger partial charge in [-0.2, -0.15) is 0 Å². The number of piperidine rings is 1. The van der Waals surface area contributed by atoms with Crippen molar-refractivity contribution in [3.8, 4) is 5.75 Å². The third-order valence-corrected chi connectivity index (χ3v) is 8.57. The number of hydrogen-bond acceptors (Lipinski definition) is 5. The van der Waals surface area contributed by atoms with Crippen molar-refractivity contribution < 1.29 is 9.53 Å². The predicted octanol–water partition coefficient (Wildman–Crippen LogP) is 5.92. The molecule has 0 aliphatic carbocycles. The van der Waals surface area contributed by atoms with Gasteiger partial charge in [0.1, 0.15) is 17.5 Å². The molecule has 6 nitrogen and oxygen atoms in total. The third kappa shape index (κ3) is 4.98. The Kier molecular flexibility index (Phi) is 6.65. The van der Waals surface area contributed by atoms with E-state index >= 15 is 0 Å². The molecule has 2 aliphatic rings. The van der Waals surface area contributed by atoms with Gasteiger partial charge in [0.2, 0.25) is 0 Å². The van der Waals surface area contributed by atoms with E-state index < -0.39 is 0 Å². The SMILES string of the molecule is CN1CCC(Oc2ccc(CN3CCCc4cccc(NC(=O)c5cc6sccc6n5C)c43)cc2)CC1. The van der Waals surface area contributed by atoms with Crippen LogP contribution in [-0.2, 0) is 20.0 Å². The van der Waals surface area contributed by atoms with Crippen molar-refractivity contribution in [1.82, 2.24) is 9.47 Å². The van der Waals surface area contributed by atoms with Crippen molar-refractivity contribution in [2.24, 2.45) is 7.05 Å². The number of likely N-dealkylation sites (tertiary alicyclic amines) is 1. The van der Waals surface area contributed by atoms with E-state index in [2.05, 4.69) is 70.0 Å². The summed E-state index contributed by atoms with van der Waals surface area (Å²) in [5.74, 6) is 0.882. The highest BCUT2D eigenvalue weighted by molar-refractivity contribution is 7.17. The maximum atomic E-state index is 13.3. The molecule has 2 aliphatic heterocycles. The second kappa shape index (κ2) is 10.2. The largest absolute Gasteiger partial charge is 0.490 e. The highest BCUT2D eigenvalue weighted by Gasteiger charge is 2.23. The predicted molar refractivity (Wildman–Crippen MR) is 152 cm³/mol. The van der Waals surface area contributed by atoms with Crippen LogP contribution in [0.5, 0.6) is 5.75 Å². The Morgan fingerprint density at radius 3 is 2.65 bits per heavy atom. The summed E-state index contributed by atoms with van der Waals surface area (Å²) >= 11 is 1.66. The van der Waals surface area contributed by atoms with Gasteiger partial charge in [0.15, 0.2) is 0 Å². The number of nitrogens with zero attached hydrogens (tertiary/aromatic N) is 3. The molecule has 192 valence electrons. The van der Waals surface area contributed by atoms with Crippen LogP contribution in [0.15, 0.2) is 60.0 Å². The van der Waals surface area contributed by atoms with Gasteiger partial charge in [-0.05, 0) is 79.6 Å². The highest BCUT2D eigenvalue weighted by atomic mass is 32.1. The zero-order valence-electron chi connectivity index (χ0n) is 21.6. The summed E-state index contributed by atoms with van der Waals surface area (Å²) in [6.07, 6.45) is 4.60. The maximum Gasteiger partial charge on any atom is 0.272 e. The number of carbonyl (C=O) groups is 1. The second-order valence-corrected chi connectivity index (χ2v) is 11.3. The topological polar surface area (TPSA) is 49.7 Å². The maximum absolute atomic E-state index is 13.3. The fraction of sp³-hybridized carbons (Fsp3) is 0.367. The number of anilines is 2. The number of aryl methyl sites for hydroxylation is 2. The fourth-order valence-corrected chi connectivity index (χ4v) is 6.49. The average molecular weight is 515 g/mol. The van der Waals surface area contributed by atoms with Crippen LogP contribution in [0.2, 0.25) is 0 Å². The molecule has 1 saturated heterocycles. The van der Waals surface area contributed by atoms with Gasteiger partial charge >= 0.3 is 0 Å².